The average Bonchev–Trinajstić information content (AvgIpc) is 3.04. The fraction of sp³-hybridized carbons (Fsp3) is 0.286. The number of anilines is 1. The molecule has 0 bridgehead atoms. The number of hydrogen-bond donors (Lipinski definition) is 2. The largest absolute Gasteiger partial charge is 0.399 e. The van der Waals surface area contributed by atoms with E-state index < -0.39 is 0 Å². The van der Waals surface area contributed by atoms with Crippen LogP contribution in [0.2, 0.25) is 0 Å². The molecule has 0 spiro atoms. The second-order valence-electron chi connectivity index (χ2n) is 4.88. The van der Waals surface area contributed by atoms with Gasteiger partial charge in [0, 0.05) is 18.1 Å². The second kappa shape index (κ2) is 4.97. The van der Waals surface area contributed by atoms with Gasteiger partial charge in [0.15, 0.2) is 0 Å². The fourth-order valence-corrected chi connectivity index (χ4v) is 2.53. The van der Waals surface area contributed by atoms with Gasteiger partial charge in [0.1, 0.15) is 12.4 Å². The van der Waals surface area contributed by atoms with E-state index in [0.29, 0.717) is 11.5 Å². The number of nitrogen functional groups attached to an aromatic ring is 1. The third-order valence-electron chi connectivity index (χ3n) is 3.38. The highest BCUT2D eigenvalue weighted by atomic mass is 16.3. The summed E-state index contributed by atoms with van der Waals surface area (Å²) in [5.41, 5.74) is 8.24. The van der Waals surface area contributed by atoms with E-state index in [1.54, 1.807) is 6.20 Å². The van der Waals surface area contributed by atoms with Crippen LogP contribution >= 0.6 is 0 Å². The van der Waals surface area contributed by atoms with Crippen molar-refractivity contribution in [2.45, 2.75) is 26.1 Å². The first-order valence-electron chi connectivity index (χ1n) is 6.53. The number of aliphatic hydroxyl groups excluding tert-OH is 1. The van der Waals surface area contributed by atoms with Gasteiger partial charge in [0.2, 0.25) is 0 Å². The number of nitrogens with two attached hydrogens (primary N) is 1. The molecule has 2 aromatic heterocycles. The standard InChI is InChI=1S/C14H17N5O/c1-10(8-18-6-2-5-16-18)19-13-4-3-11(15)7-12(13)17-14(19)9-20/h2-7,10,20H,8-9,15H2,1H3. The van der Waals surface area contributed by atoms with Crippen LogP contribution in [0.3, 0.4) is 0 Å². The molecule has 104 valence electrons. The SMILES string of the molecule is CC(Cn1cccn1)n1c(CO)nc2cc(N)ccc21. The van der Waals surface area contributed by atoms with Crippen LogP contribution in [0.15, 0.2) is 36.7 Å². The minimum absolute atomic E-state index is 0.0992. The van der Waals surface area contributed by atoms with Gasteiger partial charge in [-0.1, -0.05) is 0 Å². The van der Waals surface area contributed by atoms with Gasteiger partial charge in [-0.2, -0.15) is 5.10 Å². The number of benzene rings is 1. The Morgan fingerprint density at radius 3 is 2.95 bits per heavy atom. The molecule has 3 rings (SSSR count). The Morgan fingerprint density at radius 1 is 1.40 bits per heavy atom. The maximum Gasteiger partial charge on any atom is 0.136 e. The van der Waals surface area contributed by atoms with Gasteiger partial charge >= 0.3 is 0 Å². The molecule has 0 aliphatic heterocycles. The lowest BCUT2D eigenvalue weighted by atomic mass is 10.2. The first-order chi connectivity index (χ1) is 9.69. The Hall–Kier alpha value is -2.34. The molecule has 3 aromatic rings. The van der Waals surface area contributed by atoms with E-state index in [2.05, 4.69) is 17.0 Å². The van der Waals surface area contributed by atoms with Gasteiger partial charge in [-0.05, 0) is 31.2 Å². The van der Waals surface area contributed by atoms with E-state index >= 15 is 0 Å². The van der Waals surface area contributed by atoms with Crippen molar-refractivity contribution in [3.8, 4) is 0 Å². The highest BCUT2D eigenvalue weighted by Crippen LogP contribution is 2.24. The quantitative estimate of drug-likeness (QED) is 0.706. The van der Waals surface area contributed by atoms with E-state index in [-0.39, 0.29) is 12.6 Å². The summed E-state index contributed by atoms with van der Waals surface area (Å²) in [5, 5.41) is 13.7. The Bertz CT molecular complexity index is 717. The van der Waals surface area contributed by atoms with Crippen molar-refractivity contribution in [3.05, 3.63) is 42.5 Å². The second-order valence-corrected chi connectivity index (χ2v) is 4.88. The molecular formula is C14H17N5O. The van der Waals surface area contributed by atoms with Crippen LogP contribution in [0.25, 0.3) is 11.0 Å². The molecule has 0 amide bonds. The molecule has 2 heterocycles. The minimum Gasteiger partial charge on any atom is -0.399 e. The Kier molecular flexibility index (Phi) is 3.15. The first kappa shape index (κ1) is 12.7. The molecule has 1 atom stereocenters. The van der Waals surface area contributed by atoms with Gasteiger partial charge in [-0.15, -0.1) is 0 Å². The molecule has 0 saturated carbocycles. The van der Waals surface area contributed by atoms with E-state index in [1.807, 2.05) is 39.7 Å². The summed E-state index contributed by atoms with van der Waals surface area (Å²) < 4.78 is 3.91. The van der Waals surface area contributed by atoms with Crippen molar-refractivity contribution < 1.29 is 5.11 Å². The zero-order valence-corrected chi connectivity index (χ0v) is 11.3. The highest BCUT2D eigenvalue weighted by molar-refractivity contribution is 5.79. The summed E-state index contributed by atoms with van der Waals surface area (Å²) in [6.45, 7) is 2.70. The van der Waals surface area contributed by atoms with Crippen molar-refractivity contribution >= 4 is 16.7 Å². The topological polar surface area (TPSA) is 81.9 Å². The average molecular weight is 271 g/mol. The molecule has 6 nitrogen and oxygen atoms in total. The normalized spacial score (nSPS) is 12.9. The molecule has 0 aliphatic rings. The number of aliphatic hydroxyl groups is 1. The number of rotatable bonds is 4. The van der Waals surface area contributed by atoms with Crippen molar-refractivity contribution in [1.82, 2.24) is 19.3 Å². The van der Waals surface area contributed by atoms with Gasteiger partial charge in [-0.3, -0.25) is 4.68 Å². The van der Waals surface area contributed by atoms with Crippen LogP contribution in [-0.4, -0.2) is 24.4 Å². The van der Waals surface area contributed by atoms with E-state index in [1.165, 1.54) is 0 Å². The number of aromatic nitrogens is 4. The predicted molar refractivity (Wildman–Crippen MR) is 77.0 cm³/mol. The van der Waals surface area contributed by atoms with Crippen LogP contribution in [0.4, 0.5) is 5.69 Å². The summed E-state index contributed by atoms with van der Waals surface area (Å²) in [6, 6.07) is 7.64. The summed E-state index contributed by atoms with van der Waals surface area (Å²) >= 11 is 0. The number of fused-ring (bicyclic) bond motifs is 1. The van der Waals surface area contributed by atoms with Gasteiger partial charge < -0.3 is 15.4 Å². The molecule has 0 saturated heterocycles. The maximum atomic E-state index is 9.53. The van der Waals surface area contributed by atoms with Crippen LogP contribution in [0.5, 0.6) is 0 Å². The minimum atomic E-state index is -0.0992. The number of hydrogen-bond acceptors (Lipinski definition) is 4. The third-order valence-corrected chi connectivity index (χ3v) is 3.38. The molecule has 6 heteroatoms. The van der Waals surface area contributed by atoms with Gasteiger partial charge in [0.25, 0.3) is 0 Å². The summed E-state index contributed by atoms with van der Waals surface area (Å²) in [5.74, 6) is 0.644. The van der Waals surface area contributed by atoms with Gasteiger partial charge in [-0.25, -0.2) is 4.98 Å². The van der Waals surface area contributed by atoms with E-state index in [9.17, 15) is 5.11 Å². The van der Waals surface area contributed by atoms with E-state index in [0.717, 1.165) is 17.6 Å². The molecule has 1 aromatic carbocycles. The van der Waals surface area contributed by atoms with Crippen LogP contribution in [-0.2, 0) is 13.2 Å². The smallest absolute Gasteiger partial charge is 0.136 e. The lowest BCUT2D eigenvalue weighted by Gasteiger charge is -2.17. The molecular weight excluding hydrogens is 254 g/mol. The molecule has 0 aliphatic carbocycles. The number of imidazole rings is 1. The molecule has 0 fully saturated rings. The Balaban J connectivity index is 2.04. The highest BCUT2D eigenvalue weighted by Gasteiger charge is 2.16. The third kappa shape index (κ3) is 2.14. The molecule has 3 N–H and O–H groups in total. The zero-order valence-electron chi connectivity index (χ0n) is 11.3. The monoisotopic (exact) mass is 271 g/mol. The maximum absolute atomic E-state index is 9.53. The predicted octanol–water partition coefficient (Wildman–Crippen LogP) is 1.57. The van der Waals surface area contributed by atoms with E-state index in [4.69, 9.17) is 5.73 Å². The lowest BCUT2D eigenvalue weighted by Crippen LogP contribution is -2.16. The Morgan fingerprint density at radius 2 is 2.25 bits per heavy atom. The molecule has 0 radical (unpaired) electrons. The molecule has 1 unspecified atom stereocenters. The Labute approximate surface area is 116 Å². The lowest BCUT2D eigenvalue weighted by molar-refractivity contribution is 0.259. The fourth-order valence-electron chi connectivity index (χ4n) is 2.53. The van der Waals surface area contributed by atoms with Crippen LogP contribution in [0.1, 0.15) is 18.8 Å². The zero-order chi connectivity index (χ0) is 14.1. The first-order valence-corrected chi connectivity index (χ1v) is 6.53. The number of nitrogens with zero attached hydrogens (tertiary/aromatic N) is 4. The van der Waals surface area contributed by atoms with Crippen LogP contribution in [0, 0.1) is 0 Å². The summed E-state index contributed by atoms with van der Waals surface area (Å²) in [7, 11) is 0. The van der Waals surface area contributed by atoms with Gasteiger partial charge in [0.05, 0.1) is 23.6 Å². The van der Waals surface area contributed by atoms with Crippen molar-refractivity contribution in [2.24, 2.45) is 0 Å². The van der Waals surface area contributed by atoms with Crippen molar-refractivity contribution in [1.29, 1.82) is 0 Å². The summed E-state index contributed by atoms with van der Waals surface area (Å²) in [6.07, 6.45) is 3.68. The van der Waals surface area contributed by atoms with Crippen LogP contribution < -0.4 is 5.73 Å². The van der Waals surface area contributed by atoms with Crippen molar-refractivity contribution in [2.75, 3.05) is 5.73 Å². The summed E-state index contributed by atoms with van der Waals surface area (Å²) in [4.78, 5) is 4.45. The molecule has 20 heavy (non-hydrogen) atoms. The van der Waals surface area contributed by atoms with Crippen molar-refractivity contribution in [3.63, 3.8) is 0 Å².